The number of ether oxygens (including phenoxy) is 2. The Morgan fingerprint density at radius 3 is 2.00 bits per heavy atom. The van der Waals surface area contributed by atoms with Gasteiger partial charge in [-0.2, -0.15) is 0 Å². The molecule has 24 heavy (non-hydrogen) atoms. The summed E-state index contributed by atoms with van der Waals surface area (Å²) in [6.45, 7) is 3.67. The van der Waals surface area contributed by atoms with Crippen molar-refractivity contribution in [1.82, 2.24) is 4.90 Å². The molecule has 0 N–H and O–H groups in total. The Morgan fingerprint density at radius 1 is 0.958 bits per heavy atom. The Labute approximate surface area is 142 Å². The van der Waals surface area contributed by atoms with Crippen molar-refractivity contribution in [2.45, 2.75) is 70.4 Å². The van der Waals surface area contributed by atoms with Crippen molar-refractivity contribution in [2.75, 3.05) is 0 Å². The van der Waals surface area contributed by atoms with Gasteiger partial charge in [0.15, 0.2) is 0 Å². The van der Waals surface area contributed by atoms with E-state index in [2.05, 4.69) is 17.0 Å². The molecule has 5 nitrogen and oxygen atoms in total. The number of hydrogen-bond acceptors (Lipinski definition) is 5. The average molecular weight is 331 g/mol. The third-order valence-electron chi connectivity index (χ3n) is 5.03. The number of hydrogen-bond donors (Lipinski definition) is 0. The van der Waals surface area contributed by atoms with Gasteiger partial charge in [-0.15, -0.1) is 0 Å². The third kappa shape index (κ3) is 3.78. The van der Waals surface area contributed by atoms with Gasteiger partial charge >= 0.3 is 11.9 Å². The summed E-state index contributed by atoms with van der Waals surface area (Å²) in [5.41, 5.74) is 1.22. The summed E-state index contributed by atoms with van der Waals surface area (Å²) >= 11 is 0. The predicted molar refractivity (Wildman–Crippen MR) is 89.1 cm³/mol. The lowest BCUT2D eigenvalue weighted by Gasteiger charge is -2.52. The number of rotatable bonds is 4. The van der Waals surface area contributed by atoms with Crippen LogP contribution in [-0.2, 0) is 25.6 Å². The van der Waals surface area contributed by atoms with Crippen molar-refractivity contribution in [3.05, 3.63) is 35.9 Å². The standard InChI is InChI=1S/C19H25NO4/c1-13(21)23-17-10-8-16-9-11-18(24-14(2)22)19(17)20(16)12-15-6-4-3-5-7-15/h3-7,16-19H,8-12H2,1-2H3/t16?,17-,18+,19?. The summed E-state index contributed by atoms with van der Waals surface area (Å²) in [5, 5.41) is 0. The van der Waals surface area contributed by atoms with Crippen molar-refractivity contribution in [2.24, 2.45) is 0 Å². The molecule has 0 spiro atoms. The van der Waals surface area contributed by atoms with E-state index in [4.69, 9.17) is 9.47 Å². The smallest absolute Gasteiger partial charge is 0.302 e. The zero-order valence-electron chi connectivity index (χ0n) is 14.3. The molecule has 0 saturated carbocycles. The first-order valence-electron chi connectivity index (χ1n) is 8.68. The van der Waals surface area contributed by atoms with Crippen LogP contribution < -0.4 is 0 Å². The van der Waals surface area contributed by atoms with E-state index in [-0.39, 0.29) is 30.2 Å². The Morgan fingerprint density at radius 2 is 1.50 bits per heavy atom. The van der Waals surface area contributed by atoms with Crippen LogP contribution in [0.25, 0.3) is 0 Å². The second-order valence-electron chi connectivity index (χ2n) is 6.75. The van der Waals surface area contributed by atoms with Crippen LogP contribution in [0.4, 0.5) is 0 Å². The van der Waals surface area contributed by atoms with Crippen LogP contribution in [0.3, 0.4) is 0 Å². The normalized spacial score (nSPS) is 29.8. The van der Waals surface area contributed by atoms with E-state index in [1.807, 2.05) is 18.2 Å². The Bertz CT molecular complexity index is 560. The molecule has 2 unspecified atom stereocenters. The van der Waals surface area contributed by atoms with Gasteiger partial charge in [0.05, 0.1) is 6.04 Å². The molecule has 3 rings (SSSR count). The molecule has 0 aromatic heterocycles. The van der Waals surface area contributed by atoms with Crippen LogP contribution in [0.15, 0.2) is 30.3 Å². The molecule has 4 atom stereocenters. The first kappa shape index (κ1) is 17.0. The van der Waals surface area contributed by atoms with E-state index in [0.29, 0.717) is 6.04 Å². The predicted octanol–water partition coefficient (Wildman–Crippen LogP) is 2.68. The van der Waals surface area contributed by atoms with Crippen molar-refractivity contribution < 1.29 is 19.1 Å². The fourth-order valence-corrected chi connectivity index (χ4v) is 4.15. The molecule has 2 heterocycles. The second-order valence-corrected chi connectivity index (χ2v) is 6.75. The summed E-state index contributed by atoms with van der Waals surface area (Å²) in [5.74, 6) is -0.546. The van der Waals surface area contributed by atoms with Crippen LogP contribution in [0.2, 0.25) is 0 Å². The number of esters is 2. The van der Waals surface area contributed by atoms with E-state index in [1.165, 1.54) is 19.4 Å². The van der Waals surface area contributed by atoms with Gasteiger partial charge in [0.2, 0.25) is 0 Å². The summed E-state index contributed by atoms with van der Waals surface area (Å²) in [7, 11) is 0. The maximum Gasteiger partial charge on any atom is 0.302 e. The summed E-state index contributed by atoms with van der Waals surface area (Å²) in [6, 6.07) is 10.7. The molecule has 1 aromatic rings. The Hall–Kier alpha value is -1.88. The highest BCUT2D eigenvalue weighted by Crippen LogP contribution is 2.38. The first-order valence-corrected chi connectivity index (χ1v) is 8.68. The van der Waals surface area contributed by atoms with Crippen molar-refractivity contribution in [1.29, 1.82) is 0 Å². The third-order valence-corrected chi connectivity index (χ3v) is 5.03. The van der Waals surface area contributed by atoms with E-state index in [0.717, 1.165) is 32.2 Å². The zero-order chi connectivity index (χ0) is 17.1. The molecule has 2 aliphatic rings. The molecule has 5 heteroatoms. The fraction of sp³-hybridized carbons (Fsp3) is 0.579. The molecule has 2 fully saturated rings. The van der Waals surface area contributed by atoms with Crippen LogP contribution in [-0.4, -0.2) is 41.1 Å². The lowest BCUT2D eigenvalue weighted by atomic mass is 9.80. The van der Waals surface area contributed by atoms with Gasteiger partial charge in [0.25, 0.3) is 0 Å². The Kier molecular flexibility index (Phi) is 5.19. The highest BCUT2D eigenvalue weighted by molar-refractivity contribution is 5.67. The fourth-order valence-electron chi connectivity index (χ4n) is 4.15. The molecule has 2 aliphatic heterocycles. The van der Waals surface area contributed by atoms with Gasteiger partial charge in [-0.1, -0.05) is 30.3 Å². The van der Waals surface area contributed by atoms with Gasteiger partial charge in [0, 0.05) is 26.4 Å². The van der Waals surface area contributed by atoms with Crippen molar-refractivity contribution in [3.8, 4) is 0 Å². The monoisotopic (exact) mass is 331 g/mol. The zero-order valence-corrected chi connectivity index (χ0v) is 14.3. The van der Waals surface area contributed by atoms with E-state index >= 15 is 0 Å². The highest BCUT2D eigenvalue weighted by atomic mass is 16.6. The number of carbonyl (C=O) groups excluding carboxylic acids is 2. The number of benzene rings is 1. The topological polar surface area (TPSA) is 55.8 Å². The second kappa shape index (κ2) is 7.34. The lowest BCUT2D eigenvalue weighted by Crippen LogP contribution is -2.62. The lowest BCUT2D eigenvalue weighted by molar-refractivity contribution is -0.178. The van der Waals surface area contributed by atoms with Gasteiger partial charge in [-0.25, -0.2) is 0 Å². The number of fused-ring (bicyclic) bond motifs is 2. The van der Waals surface area contributed by atoms with Crippen molar-refractivity contribution >= 4 is 11.9 Å². The minimum Gasteiger partial charge on any atom is -0.461 e. The van der Waals surface area contributed by atoms with Gasteiger partial charge in [-0.3, -0.25) is 14.5 Å². The molecular weight excluding hydrogens is 306 g/mol. The molecule has 1 aromatic carbocycles. The molecule has 130 valence electrons. The van der Waals surface area contributed by atoms with E-state index in [1.54, 1.807) is 0 Å². The molecule has 0 radical (unpaired) electrons. The minimum atomic E-state index is -0.273. The maximum atomic E-state index is 11.5. The molecule has 0 amide bonds. The first-order chi connectivity index (χ1) is 11.5. The van der Waals surface area contributed by atoms with Gasteiger partial charge in [-0.05, 0) is 31.2 Å². The Balaban J connectivity index is 1.85. The SMILES string of the molecule is CC(=O)O[C@H]1CCC2CC[C@@H](OC(C)=O)C1N2Cc1ccccc1. The van der Waals surface area contributed by atoms with Crippen molar-refractivity contribution in [3.63, 3.8) is 0 Å². The highest BCUT2D eigenvalue weighted by Gasteiger charge is 2.47. The summed E-state index contributed by atoms with van der Waals surface area (Å²) < 4.78 is 11.2. The number of piperidine rings is 2. The summed E-state index contributed by atoms with van der Waals surface area (Å²) in [4.78, 5) is 25.4. The average Bonchev–Trinajstić information content (AvgIpc) is 2.52. The molecule has 0 aliphatic carbocycles. The quantitative estimate of drug-likeness (QED) is 0.794. The number of nitrogens with zero attached hydrogens (tertiary/aromatic N) is 1. The van der Waals surface area contributed by atoms with Crippen LogP contribution in [0, 0.1) is 0 Å². The largest absolute Gasteiger partial charge is 0.461 e. The number of carbonyl (C=O) groups is 2. The molecule has 2 saturated heterocycles. The molecule has 2 bridgehead atoms. The van der Waals surface area contributed by atoms with Crippen LogP contribution in [0.1, 0.15) is 45.1 Å². The maximum absolute atomic E-state index is 11.5. The van der Waals surface area contributed by atoms with Crippen LogP contribution in [0.5, 0.6) is 0 Å². The van der Waals surface area contributed by atoms with Gasteiger partial charge in [0.1, 0.15) is 12.2 Å². The van der Waals surface area contributed by atoms with E-state index in [9.17, 15) is 9.59 Å². The van der Waals surface area contributed by atoms with Crippen LogP contribution >= 0.6 is 0 Å². The minimum absolute atomic E-state index is 0.0643. The summed E-state index contributed by atoms with van der Waals surface area (Å²) in [6.07, 6.45) is 3.25. The van der Waals surface area contributed by atoms with Gasteiger partial charge < -0.3 is 9.47 Å². The molecular formula is C19H25NO4. The van der Waals surface area contributed by atoms with E-state index < -0.39 is 0 Å².